The molecule has 0 aliphatic carbocycles. The van der Waals surface area contributed by atoms with E-state index in [1.165, 1.54) is 11.8 Å². The number of hydrogen-bond donors (Lipinski definition) is 1. The van der Waals surface area contributed by atoms with Crippen LogP contribution >= 0.6 is 23.4 Å². The van der Waals surface area contributed by atoms with E-state index in [1.807, 2.05) is 19.1 Å². The normalized spacial score (nSPS) is 12.6. The van der Waals surface area contributed by atoms with E-state index < -0.39 is 0 Å². The van der Waals surface area contributed by atoms with E-state index in [4.69, 9.17) is 21.8 Å². The minimum absolute atomic E-state index is 0.184. The number of nitrogens with zero attached hydrogens (tertiary/aromatic N) is 1. The predicted molar refractivity (Wildman–Crippen MR) is 78.8 cm³/mol. The third-order valence-electron chi connectivity index (χ3n) is 2.81. The fourth-order valence-corrected chi connectivity index (χ4v) is 2.76. The summed E-state index contributed by atoms with van der Waals surface area (Å²) in [5.41, 5.74) is 7.97. The van der Waals surface area contributed by atoms with Crippen molar-refractivity contribution in [3.05, 3.63) is 40.7 Å². The highest BCUT2D eigenvalue weighted by atomic mass is 35.5. The first-order chi connectivity index (χ1) is 9.08. The summed E-state index contributed by atoms with van der Waals surface area (Å²) in [6.07, 6.45) is 3.44. The Kier molecular flexibility index (Phi) is 4.91. The Balaban J connectivity index is 2.10. The lowest BCUT2D eigenvalue weighted by Crippen LogP contribution is -2.21. The summed E-state index contributed by atoms with van der Waals surface area (Å²) in [5.74, 6) is 0. The smallest absolute Gasteiger partial charge is 0.260 e. The molecule has 1 aromatic carbocycles. The zero-order valence-corrected chi connectivity index (χ0v) is 12.6. The van der Waals surface area contributed by atoms with Gasteiger partial charge in [-0.15, -0.1) is 0 Å². The Hall–Kier alpha value is -0.970. The number of aromatic nitrogens is 1. The van der Waals surface area contributed by atoms with Crippen molar-refractivity contribution in [1.29, 1.82) is 0 Å². The molecule has 0 fully saturated rings. The molecule has 0 saturated carbocycles. The van der Waals surface area contributed by atoms with E-state index in [0.29, 0.717) is 10.2 Å². The monoisotopic (exact) mass is 296 g/mol. The molecule has 3 nitrogen and oxygen atoms in total. The van der Waals surface area contributed by atoms with Crippen LogP contribution in [0.25, 0.3) is 0 Å². The first-order valence-electron chi connectivity index (χ1n) is 6.22. The van der Waals surface area contributed by atoms with Gasteiger partial charge in [0.25, 0.3) is 5.22 Å². The van der Waals surface area contributed by atoms with E-state index in [-0.39, 0.29) is 6.04 Å². The van der Waals surface area contributed by atoms with Crippen LogP contribution in [0.15, 0.2) is 39.0 Å². The number of aryl methyl sites for hydroxylation is 1. The molecule has 1 unspecified atom stereocenters. The van der Waals surface area contributed by atoms with Crippen molar-refractivity contribution in [2.45, 2.75) is 42.8 Å². The number of hydrogen-bond acceptors (Lipinski definition) is 4. The minimum Gasteiger partial charge on any atom is -0.439 e. The molecule has 5 heteroatoms. The number of halogens is 1. The zero-order chi connectivity index (χ0) is 13.8. The Morgan fingerprint density at radius 2 is 2.26 bits per heavy atom. The first kappa shape index (κ1) is 14.4. The van der Waals surface area contributed by atoms with Crippen LogP contribution in [0.4, 0.5) is 0 Å². The molecule has 2 N–H and O–H groups in total. The fraction of sp³-hybridized carbons (Fsp3) is 0.357. The quantitative estimate of drug-likeness (QED) is 0.903. The van der Waals surface area contributed by atoms with Crippen LogP contribution in [0.5, 0.6) is 0 Å². The molecular weight excluding hydrogens is 280 g/mol. The molecule has 0 radical (unpaired) electrons. The van der Waals surface area contributed by atoms with Crippen molar-refractivity contribution >= 4 is 23.4 Å². The molecule has 102 valence electrons. The maximum Gasteiger partial charge on any atom is 0.260 e. The van der Waals surface area contributed by atoms with Crippen molar-refractivity contribution < 1.29 is 4.42 Å². The van der Waals surface area contributed by atoms with Crippen molar-refractivity contribution in [3.8, 4) is 0 Å². The van der Waals surface area contributed by atoms with Crippen molar-refractivity contribution in [1.82, 2.24) is 4.98 Å². The zero-order valence-electron chi connectivity index (χ0n) is 11.0. The van der Waals surface area contributed by atoms with Crippen LogP contribution in [0.2, 0.25) is 5.02 Å². The Morgan fingerprint density at radius 1 is 1.47 bits per heavy atom. The summed E-state index contributed by atoms with van der Waals surface area (Å²) in [5, 5.41) is 1.32. The lowest BCUT2D eigenvalue weighted by atomic mass is 10.1. The van der Waals surface area contributed by atoms with Gasteiger partial charge < -0.3 is 10.2 Å². The summed E-state index contributed by atoms with van der Waals surface area (Å²) in [6, 6.07) is 6.20. The molecule has 2 rings (SSSR count). The highest BCUT2D eigenvalue weighted by Crippen LogP contribution is 2.33. The van der Waals surface area contributed by atoms with Gasteiger partial charge in [0, 0.05) is 10.9 Å². The first-order valence-corrected chi connectivity index (χ1v) is 7.42. The number of nitrogens with two attached hydrogens (primary N) is 1. The van der Waals surface area contributed by atoms with Crippen molar-refractivity contribution in [2.24, 2.45) is 5.73 Å². The summed E-state index contributed by atoms with van der Waals surface area (Å²) in [7, 11) is 0. The minimum atomic E-state index is 0.184. The van der Waals surface area contributed by atoms with Gasteiger partial charge in [-0.3, -0.25) is 0 Å². The standard InChI is InChI=1S/C14H17ClN2OS/c1-3-11(16)6-10-4-5-13(12(15)7-10)19-14-17-9(2)8-18-14/h4-5,7-8,11H,3,6,16H2,1-2H3. The summed E-state index contributed by atoms with van der Waals surface area (Å²) in [6.45, 7) is 3.98. The SMILES string of the molecule is CCC(N)Cc1ccc(Sc2nc(C)co2)c(Cl)c1. The molecule has 0 aliphatic heterocycles. The van der Waals surface area contributed by atoms with Crippen molar-refractivity contribution in [3.63, 3.8) is 0 Å². The van der Waals surface area contributed by atoms with Gasteiger partial charge in [0.1, 0.15) is 6.26 Å². The third kappa shape index (κ3) is 4.00. The molecule has 1 atom stereocenters. The molecular formula is C14H17ClN2OS. The number of benzene rings is 1. The van der Waals surface area contributed by atoms with Crippen LogP contribution in [-0.4, -0.2) is 11.0 Å². The molecule has 0 spiro atoms. The average Bonchev–Trinajstić information content (AvgIpc) is 2.78. The van der Waals surface area contributed by atoms with Crippen LogP contribution in [0, 0.1) is 6.92 Å². The molecule has 0 aliphatic rings. The predicted octanol–water partition coefficient (Wildman–Crippen LogP) is 4.07. The topological polar surface area (TPSA) is 52.0 Å². The molecule has 0 saturated heterocycles. The van der Waals surface area contributed by atoms with E-state index in [1.54, 1.807) is 6.26 Å². The molecule has 19 heavy (non-hydrogen) atoms. The molecule has 1 aromatic heterocycles. The van der Waals surface area contributed by atoms with Gasteiger partial charge in [-0.1, -0.05) is 24.6 Å². The van der Waals surface area contributed by atoms with Gasteiger partial charge in [-0.25, -0.2) is 4.98 Å². The van der Waals surface area contributed by atoms with E-state index in [2.05, 4.69) is 18.0 Å². The van der Waals surface area contributed by atoms with Crippen LogP contribution in [-0.2, 0) is 6.42 Å². The maximum absolute atomic E-state index is 6.28. The molecule has 1 heterocycles. The lowest BCUT2D eigenvalue weighted by molar-refractivity contribution is 0.454. The second kappa shape index (κ2) is 6.46. The van der Waals surface area contributed by atoms with Crippen molar-refractivity contribution in [2.75, 3.05) is 0 Å². The van der Waals surface area contributed by atoms with E-state index >= 15 is 0 Å². The van der Waals surface area contributed by atoms with Gasteiger partial charge in [-0.2, -0.15) is 0 Å². The fourth-order valence-electron chi connectivity index (χ4n) is 1.67. The number of oxazole rings is 1. The highest BCUT2D eigenvalue weighted by Gasteiger charge is 2.09. The second-order valence-corrected chi connectivity index (χ2v) is 5.89. The highest BCUT2D eigenvalue weighted by molar-refractivity contribution is 7.99. The van der Waals surface area contributed by atoms with Crippen LogP contribution in [0.1, 0.15) is 24.6 Å². The van der Waals surface area contributed by atoms with Gasteiger partial charge in [0.05, 0.1) is 10.7 Å². The Bertz CT molecular complexity index is 556. The number of rotatable bonds is 5. The average molecular weight is 297 g/mol. The lowest BCUT2D eigenvalue weighted by Gasteiger charge is -2.10. The maximum atomic E-state index is 6.28. The van der Waals surface area contributed by atoms with Crippen LogP contribution in [0.3, 0.4) is 0 Å². The summed E-state index contributed by atoms with van der Waals surface area (Å²) in [4.78, 5) is 5.19. The largest absolute Gasteiger partial charge is 0.439 e. The Labute approximate surface area is 122 Å². The Morgan fingerprint density at radius 3 is 2.84 bits per heavy atom. The third-order valence-corrected chi connectivity index (χ3v) is 4.18. The summed E-state index contributed by atoms with van der Waals surface area (Å²) < 4.78 is 5.31. The van der Waals surface area contributed by atoms with E-state index in [0.717, 1.165) is 29.0 Å². The van der Waals surface area contributed by atoms with Gasteiger partial charge >= 0.3 is 0 Å². The summed E-state index contributed by atoms with van der Waals surface area (Å²) >= 11 is 7.71. The molecule has 0 bridgehead atoms. The second-order valence-electron chi connectivity index (χ2n) is 4.49. The van der Waals surface area contributed by atoms with Crippen LogP contribution < -0.4 is 5.73 Å². The molecule has 0 amide bonds. The van der Waals surface area contributed by atoms with E-state index in [9.17, 15) is 0 Å². The van der Waals surface area contributed by atoms with Gasteiger partial charge in [-0.05, 0) is 49.2 Å². The van der Waals surface area contributed by atoms with Gasteiger partial charge in [0.2, 0.25) is 0 Å². The van der Waals surface area contributed by atoms with Gasteiger partial charge in [0.15, 0.2) is 0 Å². The molecule has 2 aromatic rings.